The third-order valence-electron chi connectivity index (χ3n) is 4.45. The van der Waals surface area contributed by atoms with E-state index in [1.165, 1.54) is 16.0 Å². The number of carbonyl (C=O) groups excluding carboxylic acids is 2. The van der Waals surface area contributed by atoms with Gasteiger partial charge in [-0.2, -0.15) is 0 Å². The Morgan fingerprint density at radius 3 is 2.92 bits per heavy atom. The second-order valence-corrected chi connectivity index (χ2v) is 7.34. The molecular formula is C20H23NO3S. The summed E-state index contributed by atoms with van der Waals surface area (Å²) >= 11 is 1.69. The van der Waals surface area contributed by atoms with Crippen LogP contribution in [0, 0.1) is 0 Å². The maximum atomic E-state index is 12.1. The highest BCUT2D eigenvalue weighted by Gasteiger charge is 2.21. The molecule has 0 saturated carbocycles. The molecule has 0 unspecified atom stereocenters. The van der Waals surface area contributed by atoms with Crippen LogP contribution < -0.4 is 5.32 Å². The largest absolute Gasteiger partial charge is 0.456 e. The zero-order chi connectivity index (χ0) is 17.5. The first kappa shape index (κ1) is 17.7. The maximum absolute atomic E-state index is 12.1. The van der Waals surface area contributed by atoms with Crippen molar-refractivity contribution in [3.63, 3.8) is 0 Å². The molecule has 132 valence electrons. The van der Waals surface area contributed by atoms with Gasteiger partial charge in [-0.25, -0.2) is 0 Å². The fourth-order valence-electron chi connectivity index (χ4n) is 3.22. The number of fused-ring (bicyclic) bond motifs is 1. The summed E-state index contributed by atoms with van der Waals surface area (Å²) in [5.74, 6) is -0.538. The lowest BCUT2D eigenvalue weighted by molar-refractivity contribution is -0.148. The number of hydrogen-bond donors (Lipinski definition) is 1. The van der Waals surface area contributed by atoms with Crippen molar-refractivity contribution in [2.24, 2.45) is 0 Å². The fourth-order valence-corrected chi connectivity index (χ4v) is 3.97. The van der Waals surface area contributed by atoms with E-state index >= 15 is 0 Å². The number of aryl methyl sites for hydroxylation is 2. The summed E-state index contributed by atoms with van der Waals surface area (Å²) < 4.78 is 5.11. The number of amides is 1. The monoisotopic (exact) mass is 357 g/mol. The first-order chi connectivity index (χ1) is 12.2. The Balaban J connectivity index is 1.39. The van der Waals surface area contributed by atoms with E-state index in [2.05, 4.69) is 23.5 Å². The minimum Gasteiger partial charge on any atom is -0.456 e. The highest BCUT2D eigenvalue weighted by atomic mass is 32.1. The molecule has 1 aromatic heterocycles. The van der Waals surface area contributed by atoms with Gasteiger partial charge in [-0.15, -0.1) is 11.3 Å². The van der Waals surface area contributed by atoms with Crippen LogP contribution in [0.1, 0.15) is 47.7 Å². The van der Waals surface area contributed by atoms with Crippen LogP contribution in [0.3, 0.4) is 0 Å². The van der Waals surface area contributed by atoms with Crippen molar-refractivity contribution in [1.29, 1.82) is 0 Å². The lowest BCUT2D eigenvalue weighted by Crippen LogP contribution is -2.34. The molecule has 4 nitrogen and oxygen atoms in total. The van der Waals surface area contributed by atoms with Gasteiger partial charge >= 0.3 is 5.97 Å². The lowest BCUT2D eigenvalue weighted by Gasteiger charge is -2.26. The smallest absolute Gasteiger partial charge is 0.306 e. The van der Waals surface area contributed by atoms with Gasteiger partial charge in [0, 0.05) is 11.3 Å². The highest BCUT2D eigenvalue weighted by molar-refractivity contribution is 7.09. The van der Waals surface area contributed by atoms with E-state index < -0.39 is 0 Å². The molecule has 0 radical (unpaired) electrons. The first-order valence-electron chi connectivity index (χ1n) is 8.77. The van der Waals surface area contributed by atoms with Crippen molar-refractivity contribution in [2.45, 2.75) is 44.6 Å². The van der Waals surface area contributed by atoms with Crippen LogP contribution in [-0.2, 0) is 27.2 Å². The van der Waals surface area contributed by atoms with E-state index in [0.29, 0.717) is 6.42 Å². The van der Waals surface area contributed by atoms with E-state index in [9.17, 15) is 9.59 Å². The van der Waals surface area contributed by atoms with Crippen molar-refractivity contribution in [1.82, 2.24) is 5.32 Å². The van der Waals surface area contributed by atoms with Crippen LogP contribution >= 0.6 is 11.3 Å². The Kier molecular flexibility index (Phi) is 6.23. The van der Waals surface area contributed by atoms with Crippen molar-refractivity contribution in [2.75, 3.05) is 6.61 Å². The van der Waals surface area contributed by atoms with Crippen molar-refractivity contribution in [3.8, 4) is 0 Å². The number of benzene rings is 1. The van der Waals surface area contributed by atoms with Crippen LogP contribution in [0.2, 0.25) is 0 Å². The number of hydrogen-bond acceptors (Lipinski definition) is 4. The van der Waals surface area contributed by atoms with Gasteiger partial charge in [0.2, 0.25) is 0 Å². The average Bonchev–Trinajstić information content (AvgIpc) is 3.14. The predicted molar refractivity (Wildman–Crippen MR) is 98.5 cm³/mol. The molecule has 3 rings (SSSR count). The molecule has 1 aliphatic carbocycles. The van der Waals surface area contributed by atoms with Crippen LogP contribution in [0.25, 0.3) is 0 Å². The topological polar surface area (TPSA) is 55.4 Å². The van der Waals surface area contributed by atoms with Gasteiger partial charge in [0.15, 0.2) is 6.61 Å². The molecule has 0 bridgehead atoms. The van der Waals surface area contributed by atoms with Crippen molar-refractivity contribution < 1.29 is 14.3 Å². The van der Waals surface area contributed by atoms with Gasteiger partial charge in [0.05, 0.1) is 6.04 Å². The van der Waals surface area contributed by atoms with Crippen molar-refractivity contribution in [3.05, 3.63) is 57.8 Å². The molecule has 5 heteroatoms. The van der Waals surface area contributed by atoms with E-state index in [0.717, 1.165) is 32.1 Å². The van der Waals surface area contributed by atoms with E-state index in [1.54, 1.807) is 11.3 Å². The third-order valence-corrected chi connectivity index (χ3v) is 5.39. The van der Waals surface area contributed by atoms with Gasteiger partial charge in [-0.3, -0.25) is 9.59 Å². The van der Waals surface area contributed by atoms with Crippen LogP contribution in [0.15, 0.2) is 41.8 Å². The van der Waals surface area contributed by atoms with Crippen LogP contribution in [-0.4, -0.2) is 18.5 Å². The van der Waals surface area contributed by atoms with Gasteiger partial charge in [0.1, 0.15) is 0 Å². The number of carbonyl (C=O) groups is 2. The van der Waals surface area contributed by atoms with E-state index in [4.69, 9.17) is 4.74 Å². The Morgan fingerprint density at radius 2 is 2.08 bits per heavy atom. The van der Waals surface area contributed by atoms with E-state index in [1.807, 2.05) is 23.6 Å². The summed E-state index contributed by atoms with van der Waals surface area (Å²) in [4.78, 5) is 25.1. The molecule has 2 aromatic rings. The molecule has 1 N–H and O–H groups in total. The quantitative estimate of drug-likeness (QED) is 0.767. The SMILES string of the molecule is O=C(COC(=O)CCCc1cccs1)N[C@@H]1CCCc2ccccc21. The normalized spacial score (nSPS) is 16.1. The van der Waals surface area contributed by atoms with Crippen molar-refractivity contribution >= 4 is 23.2 Å². The van der Waals surface area contributed by atoms with Gasteiger partial charge in [-0.05, 0) is 54.7 Å². The third kappa shape index (κ3) is 5.16. The molecule has 0 aliphatic heterocycles. The van der Waals surface area contributed by atoms with Gasteiger partial charge < -0.3 is 10.1 Å². The Bertz CT molecular complexity index is 711. The number of thiophene rings is 1. The second kappa shape index (κ2) is 8.81. The van der Waals surface area contributed by atoms with Gasteiger partial charge in [0.25, 0.3) is 5.91 Å². The van der Waals surface area contributed by atoms with Gasteiger partial charge in [-0.1, -0.05) is 30.3 Å². The number of ether oxygens (including phenoxy) is 1. The fraction of sp³-hybridized carbons (Fsp3) is 0.400. The van der Waals surface area contributed by atoms with E-state index in [-0.39, 0.29) is 24.5 Å². The second-order valence-electron chi connectivity index (χ2n) is 6.30. The predicted octanol–water partition coefficient (Wildman–Crippen LogP) is 3.81. The average molecular weight is 357 g/mol. The van der Waals surface area contributed by atoms with Crippen LogP contribution in [0.5, 0.6) is 0 Å². The lowest BCUT2D eigenvalue weighted by atomic mass is 9.88. The molecule has 1 amide bonds. The van der Waals surface area contributed by atoms with Crippen LogP contribution in [0.4, 0.5) is 0 Å². The summed E-state index contributed by atoms with van der Waals surface area (Å²) in [5, 5.41) is 5.02. The summed E-state index contributed by atoms with van der Waals surface area (Å²) in [6.07, 6.45) is 5.01. The number of esters is 1. The molecular weight excluding hydrogens is 334 g/mol. The summed E-state index contributed by atoms with van der Waals surface area (Å²) in [6.45, 7) is -0.198. The summed E-state index contributed by atoms with van der Waals surface area (Å²) in [6, 6.07) is 12.3. The molecule has 0 spiro atoms. The molecule has 1 aliphatic rings. The highest BCUT2D eigenvalue weighted by Crippen LogP contribution is 2.29. The minimum atomic E-state index is -0.309. The number of nitrogens with one attached hydrogen (secondary N) is 1. The molecule has 1 atom stereocenters. The standard InChI is InChI=1S/C20H23NO3S/c22-19(14-24-20(23)12-4-8-16-9-5-13-25-16)21-18-11-3-7-15-6-1-2-10-17(15)18/h1-2,5-6,9-10,13,18H,3-4,7-8,11-12,14H2,(H,21,22)/t18-/m1/s1. The maximum Gasteiger partial charge on any atom is 0.306 e. The molecule has 25 heavy (non-hydrogen) atoms. The Morgan fingerprint density at radius 1 is 1.20 bits per heavy atom. The molecule has 1 heterocycles. The Labute approximate surface area is 152 Å². The first-order valence-corrected chi connectivity index (χ1v) is 9.65. The zero-order valence-electron chi connectivity index (χ0n) is 14.2. The minimum absolute atomic E-state index is 0.0231. The number of rotatable bonds is 7. The molecule has 0 fully saturated rings. The summed E-state index contributed by atoms with van der Waals surface area (Å²) in [7, 11) is 0. The summed E-state index contributed by atoms with van der Waals surface area (Å²) in [5.41, 5.74) is 2.48. The molecule has 0 saturated heterocycles. The molecule has 1 aromatic carbocycles. The zero-order valence-corrected chi connectivity index (χ0v) is 15.0. The Hall–Kier alpha value is -2.14.